The van der Waals surface area contributed by atoms with E-state index in [1.54, 1.807) is 18.1 Å². The van der Waals surface area contributed by atoms with Crippen LogP contribution >= 0.6 is 23.2 Å². The van der Waals surface area contributed by atoms with Crippen molar-refractivity contribution in [2.24, 2.45) is 0 Å². The van der Waals surface area contributed by atoms with Crippen molar-refractivity contribution < 1.29 is 23.4 Å². The maximum atomic E-state index is 14.7. The zero-order chi connectivity index (χ0) is 31.0. The van der Waals surface area contributed by atoms with Gasteiger partial charge in [0.1, 0.15) is 39.5 Å². The third-order valence-electron chi connectivity index (χ3n) is 7.60. The number of carbonyl (C=O) groups is 1. The Morgan fingerprint density at radius 1 is 1.18 bits per heavy atom. The Bertz CT molecular complexity index is 1790. The summed E-state index contributed by atoms with van der Waals surface area (Å²) < 4.78 is 32.9. The van der Waals surface area contributed by atoms with E-state index in [9.17, 15) is 9.18 Å². The molecule has 0 spiro atoms. The summed E-state index contributed by atoms with van der Waals surface area (Å²) in [5.74, 6) is 2.24. The fraction of sp³-hybridized carbons (Fsp3) is 0.345. The highest BCUT2D eigenvalue weighted by atomic mass is 35.5. The largest absolute Gasteiger partial charge is 0.456 e. The second-order valence-electron chi connectivity index (χ2n) is 10.3. The standard InChI is InChI=1S/C29H27Cl2FN8O4/c1-4-6-38-14-20(42-3)21(15-38)43-29-35-25-16(27(36-29)40-9-7-39(8-10-40)23(41)5-2)11-22(30)34-28(25)44-26-17-13-33-37-19(17)12-18(32)24(26)31/h1,5,11-13,20-21H,2,6-10,14-15H2,3H3,(H,33,37)/t20-,21-/m1/s1. The van der Waals surface area contributed by atoms with Crippen LogP contribution in [0.4, 0.5) is 10.2 Å². The van der Waals surface area contributed by atoms with E-state index in [1.807, 2.05) is 9.80 Å². The molecule has 2 fully saturated rings. The molecule has 6 rings (SSSR count). The number of terminal acetylenes is 1. The molecule has 1 amide bonds. The van der Waals surface area contributed by atoms with Gasteiger partial charge < -0.3 is 24.0 Å². The smallest absolute Gasteiger partial charge is 0.319 e. The molecule has 0 bridgehead atoms. The number of H-pyrrole nitrogens is 1. The summed E-state index contributed by atoms with van der Waals surface area (Å²) in [6, 6.07) is 2.88. The number of benzene rings is 1. The SMILES string of the molecule is C#CCN1C[C@@H](OC)[C@H](Oc2nc(N3CCN(C(=O)C=C)CC3)c3cc(Cl)nc(Oc4c(Cl)c(F)cc5[nH]ncc45)c3n2)C1. The molecule has 12 nitrogen and oxygen atoms in total. The summed E-state index contributed by atoms with van der Waals surface area (Å²) in [6.45, 7) is 6.93. The molecule has 0 radical (unpaired) electrons. The fourth-order valence-electron chi connectivity index (χ4n) is 5.42. The van der Waals surface area contributed by atoms with Gasteiger partial charge in [0.15, 0.2) is 5.75 Å². The fourth-order valence-corrected chi connectivity index (χ4v) is 5.80. The van der Waals surface area contributed by atoms with Crippen LogP contribution in [-0.2, 0) is 9.53 Å². The molecule has 3 aromatic heterocycles. The van der Waals surface area contributed by atoms with Crippen LogP contribution in [0.3, 0.4) is 0 Å². The van der Waals surface area contributed by atoms with Gasteiger partial charge in [0.05, 0.1) is 29.0 Å². The summed E-state index contributed by atoms with van der Waals surface area (Å²) in [5, 5.41) is 7.46. The zero-order valence-electron chi connectivity index (χ0n) is 23.6. The van der Waals surface area contributed by atoms with Gasteiger partial charge in [-0.15, -0.1) is 6.42 Å². The van der Waals surface area contributed by atoms with Crippen LogP contribution in [0.2, 0.25) is 10.2 Å². The van der Waals surface area contributed by atoms with Gasteiger partial charge in [-0.2, -0.15) is 20.1 Å². The monoisotopic (exact) mass is 640 g/mol. The maximum Gasteiger partial charge on any atom is 0.319 e. The number of anilines is 1. The number of halogens is 3. The number of ether oxygens (including phenoxy) is 3. The number of nitrogens with one attached hydrogen (secondary N) is 1. The molecule has 1 N–H and O–H groups in total. The van der Waals surface area contributed by atoms with Crippen LogP contribution in [0.15, 0.2) is 31.0 Å². The maximum absolute atomic E-state index is 14.7. The van der Waals surface area contributed by atoms with E-state index >= 15 is 0 Å². The number of aromatic nitrogens is 5. The molecule has 2 saturated heterocycles. The first-order chi connectivity index (χ1) is 21.3. The lowest BCUT2D eigenvalue weighted by atomic mass is 10.2. The van der Waals surface area contributed by atoms with Crippen molar-refractivity contribution >= 4 is 56.7 Å². The molecule has 2 atom stereocenters. The zero-order valence-corrected chi connectivity index (χ0v) is 25.1. The van der Waals surface area contributed by atoms with Gasteiger partial charge in [0.25, 0.3) is 0 Å². The van der Waals surface area contributed by atoms with Crippen molar-refractivity contribution in [2.75, 3.05) is 57.8 Å². The third kappa shape index (κ3) is 5.69. The highest BCUT2D eigenvalue weighted by Crippen LogP contribution is 2.41. The number of pyridine rings is 1. The van der Waals surface area contributed by atoms with Crippen LogP contribution in [0.1, 0.15) is 0 Å². The Hall–Kier alpha value is -4.22. The molecule has 0 saturated carbocycles. The lowest BCUT2D eigenvalue weighted by Gasteiger charge is -2.35. The van der Waals surface area contributed by atoms with Crippen LogP contribution in [0, 0.1) is 18.2 Å². The summed E-state index contributed by atoms with van der Waals surface area (Å²) >= 11 is 12.8. The highest BCUT2D eigenvalue weighted by Gasteiger charge is 2.35. The number of aromatic amines is 1. The van der Waals surface area contributed by atoms with Gasteiger partial charge in [0.2, 0.25) is 11.8 Å². The summed E-state index contributed by atoms with van der Waals surface area (Å²) in [5.41, 5.74) is 0.631. The molecule has 1 aromatic carbocycles. The second kappa shape index (κ2) is 12.4. The number of hydrogen-bond donors (Lipinski definition) is 1. The number of fused-ring (bicyclic) bond motifs is 2. The molecular weight excluding hydrogens is 614 g/mol. The van der Waals surface area contributed by atoms with Gasteiger partial charge in [-0.05, 0) is 12.1 Å². The minimum Gasteiger partial charge on any atom is -0.456 e. The number of hydrogen-bond acceptors (Lipinski definition) is 10. The summed E-state index contributed by atoms with van der Waals surface area (Å²) in [6.07, 6.45) is 7.59. The van der Waals surface area contributed by atoms with E-state index in [4.69, 9.17) is 48.8 Å². The molecule has 4 aromatic rings. The molecule has 0 unspecified atom stereocenters. The van der Waals surface area contributed by atoms with E-state index in [2.05, 4.69) is 32.7 Å². The van der Waals surface area contributed by atoms with Crippen molar-refractivity contribution in [2.45, 2.75) is 12.2 Å². The molecule has 5 heterocycles. The molecule has 2 aliphatic rings. The molecule has 15 heteroatoms. The van der Waals surface area contributed by atoms with Gasteiger partial charge in [-0.3, -0.25) is 14.8 Å². The molecule has 44 heavy (non-hydrogen) atoms. The van der Waals surface area contributed by atoms with Crippen LogP contribution in [0.25, 0.3) is 21.8 Å². The summed E-state index contributed by atoms with van der Waals surface area (Å²) in [4.78, 5) is 31.8. The predicted octanol–water partition coefficient (Wildman–Crippen LogP) is 3.69. The van der Waals surface area contributed by atoms with Crippen molar-refractivity contribution in [1.29, 1.82) is 0 Å². The van der Waals surface area contributed by atoms with Gasteiger partial charge in [-0.25, -0.2) is 4.39 Å². The van der Waals surface area contributed by atoms with E-state index in [1.165, 1.54) is 18.3 Å². The number of rotatable bonds is 8. The molecular formula is C29H27Cl2FN8O4. The Morgan fingerprint density at radius 3 is 2.68 bits per heavy atom. The summed E-state index contributed by atoms with van der Waals surface area (Å²) in [7, 11) is 1.61. The normalized spacial score (nSPS) is 19.0. The second-order valence-corrected chi connectivity index (χ2v) is 11.0. The lowest BCUT2D eigenvalue weighted by molar-refractivity contribution is -0.126. The number of nitrogens with zero attached hydrogens (tertiary/aromatic N) is 7. The number of carbonyl (C=O) groups excluding carboxylic acids is 1. The van der Waals surface area contributed by atoms with Gasteiger partial charge in [0, 0.05) is 52.4 Å². The topological polar surface area (TPSA) is 122 Å². The third-order valence-corrected chi connectivity index (χ3v) is 8.15. The van der Waals surface area contributed by atoms with Gasteiger partial charge in [-0.1, -0.05) is 35.7 Å². The van der Waals surface area contributed by atoms with E-state index in [0.717, 1.165) is 0 Å². The van der Waals surface area contributed by atoms with Crippen molar-refractivity contribution in [1.82, 2.24) is 34.9 Å². The van der Waals surface area contributed by atoms with E-state index in [0.29, 0.717) is 67.9 Å². The predicted molar refractivity (Wildman–Crippen MR) is 163 cm³/mol. The van der Waals surface area contributed by atoms with Crippen molar-refractivity contribution in [3.05, 3.63) is 47.0 Å². The van der Waals surface area contributed by atoms with Crippen LogP contribution in [-0.4, -0.2) is 106 Å². The van der Waals surface area contributed by atoms with Crippen molar-refractivity contribution in [3.63, 3.8) is 0 Å². The Kier molecular flexibility index (Phi) is 8.42. The van der Waals surface area contributed by atoms with Crippen LogP contribution < -0.4 is 14.4 Å². The Labute approximate surface area is 261 Å². The van der Waals surface area contributed by atoms with E-state index < -0.39 is 11.9 Å². The van der Waals surface area contributed by atoms with Crippen molar-refractivity contribution in [3.8, 4) is 30.0 Å². The average Bonchev–Trinajstić information content (AvgIpc) is 3.65. The number of likely N-dealkylation sites (tertiary alicyclic amines) is 1. The molecule has 0 aliphatic carbocycles. The molecule has 2 aliphatic heterocycles. The van der Waals surface area contributed by atoms with Gasteiger partial charge >= 0.3 is 6.01 Å². The quantitative estimate of drug-likeness (QED) is 0.173. The highest BCUT2D eigenvalue weighted by molar-refractivity contribution is 6.33. The first-order valence-corrected chi connectivity index (χ1v) is 14.4. The Balaban J connectivity index is 1.45. The Morgan fingerprint density at radius 2 is 1.95 bits per heavy atom. The first-order valence-electron chi connectivity index (χ1n) is 13.7. The number of methoxy groups -OCH3 is 1. The van der Waals surface area contributed by atoms with E-state index in [-0.39, 0.29) is 45.3 Å². The first kappa shape index (κ1) is 29.8. The minimum absolute atomic E-state index is 0.00849. The lowest BCUT2D eigenvalue weighted by Crippen LogP contribution is -2.48. The van der Waals surface area contributed by atoms with Crippen LogP contribution in [0.5, 0.6) is 17.6 Å². The average molecular weight is 641 g/mol. The number of amides is 1. The minimum atomic E-state index is -0.709. The number of piperazine rings is 1. The molecule has 228 valence electrons.